The second kappa shape index (κ2) is 7.00. The zero-order chi connectivity index (χ0) is 19.1. The van der Waals surface area contributed by atoms with E-state index >= 15 is 0 Å². The molecular weight excluding hydrogens is 354 g/mol. The third-order valence-corrected chi connectivity index (χ3v) is 6.14. The van der Waals surface area contributed by atoms with Gasteiger partial charge in [0, 0.05) is 31.2 Å². The van der Waals surface area contributed by atoms with Gasteiger partial charge < -0.3 is 9.47 Å². The molecule has 5 rings (SSSR count). The maximum atomic E-state index is 13.0. The minimum atomic E-state index is 0.0365. The smallest absolute Gasteiger partial charge is 0.255 e. The van der Waals surface area contributed by atoms with Crippen LogP contribution in [0.1, 0.15) is 72.5 Å². The molecule has 1 saturated carbocycles. The molecule has 3 aromatic rings. The number of piperidine rings is 1. The maximum absolute atomic E-state index is 13.0. The quantitative estimate of drug-likeness (QED) is 0.755. The minimum absolute atomic E-state index is 0.0365. The molecule has 0 unspecified atom stereocenters. The molecule has 1 aliphatic heterocycles. The van der Waals surface area contributed by atoms with Gasteiger partial charge in [0.05, 0.1) is 11.9 Å². The predicted octanol–water partition coefficient (Wildman–Crippen LogP) is 2.99. The number of carbonyl (C=O) groups excluding carboxylic acids is 1. The van der Waals surface area contributed by atoms with Crippen molar-refractivity contribution >= 4 is 17.1 Å². The summed E-state index contributed by atoms with van der Waals surface area (Å²) in [6, 6.07) is 2.39. The van der Waals surface area contributed by atoms with Crippen LogP contribution in [0.2, 0.25) is 0 Å². The summed E-state index contributed by atoms with van der Waals surface area (Å²) in [5.74, 6) is 2.06. The van der Waals surface area contributed by atoms with Crippen LogP contribution < -0.4 is 0 Å². The molecule has 1 amide bonds. The Balaban J connectivity index is 1.29. The van der Waals surface area contributed by atoms with E-state index in [0.717, 1.165) is 35.7 Å². The molecular formula is C20H25N7O. The number of H-pyrrole nitrogens is 1. The van der Waals surface area contributed by atoms with E-state index in [2.05, 4.69) is 29.7 Å². The lowest BCUT2D eigenvalue weighted by Crippen LogP contribution is -2.38. The molecule has 1 N–H and O–H groups in total. The molecule has 3 aromatic heterocycles. The second-order valence-corrected chi connectivity index (χ2v) is 8.00. The van der Waals surface area contributed by atoms with Crippen molar-refractivity contribution < 1.29 is 4.79 Å². The average molecular weight is 379 g/mol. The van der Waals surface area contributed by atoms with Crippen molar-refractivity contribution in [3.63, 3.8) is 0 Å². The van der Waals surface area contributed by atoms with E-state index in [4.69, 9.17) is 0 Å². The predicted molar refractivity (Wildman–Crippen MR) is 104 cm³/mol. The van der Waals surface area contributed by atoms with E-state index in [0.29, 0.717) is 30.6 Å². The maximum Gasteiger partial charge on any atom is 0.255 e. The SMILES string of the molecule is Cc1nc(C2CCN(C(=O)c3cnc4c(c3)ncn4C3CCCC3)CC2)n[nH]1. The Morgan fingerprint density at radius 2 is 1.93 bits per heavy atom. The van der Waals surface area contributed by atoms with Gasteiger partial charge in [0.2, 0.25) is 0 Å². The highest BCUT2D eigenvalue weighted by Gasteiger charge is 2.27. The highest BCUT2D eigenvalue weighted by molar-refractivity contribution is 5.96. The largest absolute Gasteiger partial charge is 0.339 e. The number of nitrogens with one attached hydrogen (secondary N) is 1. The number of rotatable bonds is 3. The molecule has 0 atom stereocenters. The van der Waals surface area contributed by atoms with Gasteiger partial charge in [0.15, 0.2) is 11.5 Å². The molecule has 1 aliphatic carbocycles. The molecule has 1 saturated heterocycles. The zero-order valence-corrected chi connectivity index (χ0v) is 16.1. The fourth-order valence-corrected chi connectivity index (χ4v) is 4.55. The summed E-state index contributed by atoms with van der Waals surface area (Å²) in [4.78, 5) is 28.4. The summed E-state index contributed by atoms with van der Waals surface area (Å²) >= 11 is 0. The van der Waals surface area contributed by atoms with Crippen molar-refractivity contribution in [2.45, 2.75) is 57.4 Å². The molecule has 0 radical (unpaired) electrons. The lowest BCUT2D eigenvalue weighted by Gasteiger charge is -2.30. The van der Waals surface area contributed by atoms with Crippen molar-refractivity contribution in [3.05, 3.63) is 35.8 Å². The van der Waals surface area contributed by atoms with Gasteiger partial charge in [-0.3, -0.25) is 9.89 Å². The van der Waals surface area contributed by atoms with E-state index in [1.165, 1.54) is 25.7 Å². The Morgan fingerprint density at radius 3 is 2.64 bits per heavy atom. The number of carbonyl (C=O) groups is 1. The molecule has 2 aliphatic rings. The van der Waals surface area contributed by atoms with Gasteiger partial charge in [0.1, 0.15) is 11.3 Å². The lowest BCUT2D eigenvalue weighted by atomic mass is 9.96. The Labute approximate surface area is 163 Å². The monoisotopic (exact) mass is 379 g/mol. The van der Waals surface area contributed by atoms with E-state index in [-0.39, 0.29) is 5.91 Å². The van der Waals surface area contributed by atoms with Crippen molar-refractivity contribution in [3.8, 4) is 0 Å². The van der Waals surface area contributed by atoms with Crippen LogP contribution in [0.15, 0.2) is 18.6 Å². The van der Waals surface area contributed by atoms with Crippen LogP contribution in [-0.2, 0) is 0 Å². The van der Waals surface area contributed by atoms with Crippen LogP contribution >= 0.6 is 0 Å². The first-order chi connectivity index (χ1) is 13.7. The number of aromatic nitrogens is 6. The van der Waals surface area contributed by atoms with Crippen LogP contribution in [0.3, 0.4) is 0 Å². The van der Waals surface area contributed by atoms with Gasteiger partial charge in [-0.15, -0.1) is 0 Å². The Hall–Kier alpha value is -2.77. The molecule has 0 bridgehead atoms. The number of aryl methyl sites for hydroxylation is 1. The number of hydrogen-bond donors (Lipinski definition) is 1. The van der Waals surface area contributed by atoms with Gasteiger partial charge >= 0.3 is 0 Å². The second-order valence-electron chi connectivity index (χ2n) is 8.00. The van der Waals surface area contributed by atoms with Crippen LogP contribution in [0.4, 0.5) is 0 Å². The molecule has 0 aromatic carbocycles. The van der Waals surface area contributed by atoms with E-state index in [1.54, 1.807) is 6.20 Å². The molecule has 8 heteroatoms. The molecule has 146 valence electrons. The third-order valence-electron chi connectivity index (χ3n) is 6.14. The van der Waals surface area contributed by atoms with E-state index < -0.39 is 0 Å². The highest BCUT2D eigenvalue weighted by atomic mass is 16.2. The summed E-state index contributed by atoms with van der Waals surface area (Å²) in [6.45, 7) is 3.34. The third kappa shape index (κ3) is 3.06. The normalized spacial score (nSPS) is 19.0. The average Bonchev–Trinajstić information content (AvgIpc) is 3.47. The highest BCUT2D eigenvalue weighted by Crippen LogP contribution is 2.32. The summed E-state index contributed by atoms with van der Waals surface area (Å²) in [5.41, 5.74) is 2.32. The van der Waals surface area contributed by atoms with Crippen molar-refractivity contribution in [2.24, 2.45) is 0 Å². The Bertz CT molecular complexity index is 993. The number of nitrogens with zero attached hydrogens (tertiary/aromatic N) is 6. The molecule has 8 nitrogen and oxygen atoms in total. The summed E-state index contributed by atoms with van der Waals surface area (Å²) in [5, 5.41) is 7.18. The number of pyridine rings is 1. The van der Waals surface area contributed by atoms with Crippen LogP contribution in [0.5, 0.6) is 0 Å². The number of fused-ring (bicyclic) bond motifs is 1. The van der Waals surface area contributed by atoms with Gasteiger partial charge in [-0.1, -0.05) is 12.8 Å². The minimum Gasteiger partial charge on any atom is -0.339 e. The van der Waals surface area contributed by atoms with Gasteiger partial charge in [0.25, 0.3) is 5.91 Å². The van der Waals surface area contributed by atoms with Crippen LogP contribution in [0.25, 0.3) is 11.2 Å². The van der Waals surface area contributed by atoms with Crippen LogP contribution in [0, 0.1) is 6.92 Å². The van der Waals surface area contributed by atoms with Crippen molar-refractivity contribution in [1.82, 2.24) is 34.6 Å². The Kier molecular flexibility index (Phi) is 4.33. The first kappa shape index (κ1) is 17.3. The summed E-state index contributed by atoms with van der Waals surface area (Å²) < 4.78 is 2.18. The zero-order valence-electron chi connectivity index (χ0n) is 16.1. The lowest BCUT2D eigenvalue weighted by molar-refractivity contribution is 0.0711. The topological polar surface area (TPSA) is 92.6 Å². The number of imidazole rings is 1. The first-order valence-electron chi connectivity index (χ1n) is 10.2. The van der Waals surface area contributed by atoms with Gasteiger partial charge in [-0.25, -0.2) is 15.0 Å². The van der Waals surface area contributed by atoms with Crippen LogP contribution in [-0.4, -0.2) is 53.6 Å². The number of likely N-dealkylation sites (tertiary alicyclic amines) is 1. The Morgan fingerprint density at radius 1 is 1.14 bits per heavy atom. The summed E-state index contributed by atoms with van der Waals surface area (Å²) in [6.07, 6.45) is 10.3. The van der Waals surface area contributed by atoms with Gasteiger partial charge in [-0.05, 0) is 38.7 Å². The number of hydrogen-bond acceptors (Lipinski definition) is 5. The fourth-order valence-electron chi connectivity index (χ4n) is 4.55. The number of amides is 1. The molecule has 4 heterocycles. The van der Waals surface area contributed by atoms with Gasteiger partial charge in [-0.2, -0.15) is 5.10 Å². The van der Waals surface area contributed by atoms with E-state index in [9.17, 15) is 4.79 Å². The standard InChI is InChI=1S/C20H25N7O/c1-13-23-18(25-24-13)14-6-8-26(9-7-14)20(28)15-10-17-19(21-11-15)27(12-22-17)16-4-2-3-5-16/h10-12,14,16H,2-9H2,1H3,(H,23,24,25). The molecule has 2 fully saturated rings. The summed E-state index contributed by atoms with van der Waals surface area (Å²) in [7, 11) is 0. The number of aromatic amines is 1. The first-order valence-corrected chi connectivity index (χ1v) is 10.2. The van der Waals surface area contributed by atoms with Crippen molar-refractivity contribution in [1.29, 1.82) is 0 Å². The fraction of sp³-hybridized carbons (Fsp3) is 0.550. The van der Waals surface area contributed by atoms with E-state index in [1.807, 2.05) is 24.2 Å². The van der Waals surface area contributed by atoms with Crippen molar-refractivity contribution in [2.75, 3.05) is 13.1 Å². The molecule has 28 heavy (non-hydrogen) atoms. The molecule has 0 spiro atoms.